The maximum absolute atomic E-state index is 13.5. The van der Waals surface area contributed by atoms with Crippen molar-refractivity contribution in [1.29, 1.82) is 0 Å². The Morgan fingerprint density at radius 2 is 1.36 bits per heavy atom. The fourth-order valence-corrected chi connectivity index (χ4v) is 1.66. The number of carbonyl (C=O) groups is 2. The van der Waals surface area contributed by atoms with Crippen molar-refractivity contribution in [1.82, 2.24) is 0 Å². The van der Waals surface area contributed by atoms with Crippen LogP contribution in [0, 0.1) is 17.5 Å². The van der Waals surface area contributed by atoms with Crippen LogP contribution >= 0.6 is 0 Å². The molecule has 0 atom stereocenters. The van der Waals surface area contributed by atoms with Crippen LogP contribution < -0.4 is 10.6 Å². The van der Waals surface area contributed by atoms with E-state index in [-0.39, 0.29) is 11.4 Å². The van der Waals surface area contributed by atoms with E-state index in [4.69, 9.17) is 5.11 Å². The van der Waals surface area contributed by atoms with Crippen molar-refractivity contribution < 1.29 is 27.9 Å². The Morgan fingerprint density at radius 3 is 1.91 bits per heavy atom. The zero-order valence-electron chi connectivity index (χ0n) is 10.9. The second-order valence-corrected chi connectivity index (χ2v) is 4.18. The number of anilines is 2. The molecule has 5 nitrogen and oxygen atoms in total. The summed E-state index contributed by atoms with van der Waals surface area (Å²) in [6.45, 7) is 0. The number of benzene rings is 2. The maximum Gasteiger partial charge on any atom is 0.409 e. The lowest BCUT2D eigenvalue weighted by Crippen LogP contribution is -2.15. The van der Waals surface area contributed by atoms with Gasteiger partial charge in [-0.3, -0.25) is 10.1 Å². The molecule has 0 unspecified atom stereocenters. The molecular weight excluding hydrogens is 301 g/mol. The van der Waals surface area contributed by atoms with Gasteiger partial charge in [0.15, 0.2) is 17.5 Å². The minimum Gasteiger partial charge on any atom is -0.465 e. The summed E-state index contributed by atoms with van der Waals surface area (Å²) in [5, 5.41) is 12.9. The van der Waals surface area contributed by atoms with Crippen LogP contribution in [0.4, 0.5) is 29.3 Å². The zero-order valence-corrected chi connectivity index (χ0v) is 10.9. The third-order valence-corrected chi connectivity index (χ3v) is 2.67. The minimum absolute atomic E-state index is 0.227. The lowest BCUT2D eigenvalue weighted by Gasteiger charge is -2.08. The number of amides is 2. The van der Waals surface area contributed by atoms with Gasteiger partial charge in [0.25, 0.3) is 5.91 Å². The molecule has 8 heteroatoms. The molecule has 0 spiro atoms. The summed E-state index contributed by atoms with van der Waals surface area (Å²) in [4.78, 5) is 22.2. The summed E-state index contributed by atoms with van der Waals surface area (Å²) < 4.78 is 39.3. The second kappa shape index (κ2) is 6.17. The first-order chi connectivity index (χ1) is 10.4. The molecule has 0 aliphatic rings. The molecule has 2 aromatic carbocycles. The van der Waals surface area contributed by atoms with Gasteiger partial charge in [0.1, 0.15) is 0 Å². The SMILES string of the molecule is O=C(O)Nc1ccc(NC(=O)c2ccc(F)c(F)c2F)cc1. The normalized spacial score (nSPS) is 10.1. The van der Waals surface area contributed by atoms with Gasteiger partial charge in [0.2, 0.25) is 0 Å². The van der Waals surface area contributed by atoms with Crippen molar-refractivity contribution >= 4 is 23.4 Å². The molecule has 0 aliphatic carbocycles. The Morgan fingerprint density at radius 1 is 0.818 bits per heavy atom. The largest absolute Gasteiger partial charge is 0.465 e. The van der Waals surface area contributed by atoms with Gasteiger partial charge in [-0.1, -0.05) is 0 Å². The smallest absolute Gasteiger partial charge is 0.409 e. The minimum atomic E-state index is -1.73. The number of halogens is 3. The van der Waals surface area contributed by atoms with Gasteiger partial charge in [0, 0.05) is 11.4 Å². The molecule has 0 aliphatic heterocycles. The van der Waals surface area contributed by atoms with Crippen molar-refractivity contribution in [2.75, 3.05) is 10.6 Å². The first kappa shape index (κ1) is 15.4. The van der Waals surface area contributed by atoms with Crippen molar-refractivity contribution in [2.24, 2.45) is 0 Å². The van der Waals surface area contributed by atoms with Crippen molar-refractivity contribution in [2.45, 2.75) is 0 Å². The van der Waals surface area contributed by atoms with Crippen LogP contribution in [-0.4, -0.2) is 17.1 Å². The molecule has 2 rings (SSSR count). The summed E-state index contributed by atoms with van der Waals surface area (Å²) in [5.74, 6) is -5.66. The van der Waals surface area contributed by atoms with Gasteiger partial charge in [0.05, 0.1) is 5.56 Å². The van der Waals surface area contributed by atoms with Crippen LogP contribution in [0.1, 0.15) is 10.4 Å². The summed E-state index contributed by atoms with van der Waals surface area (Å²) in [6.07, 6.45) is -1.25. The van der Waals surface area contributed by atoms with Gasteiger partial charge < -0.3 is 10.4 Å². The van der Waals surface area contributed by atoms with E-state index >= 15 is 0 Å². The molecule has 2 amide bonds. The van der Waals surface area contributed by atoms with Crippen LogP contribution in [-0.2, 0) is 0 Å². The van der Waals surface area contributed by atoms with Crippen LogP contribution in [0.25, 0.3) is 0 Å². The predicted molar refractivity (Wildman–Crippen MR) is 72.4 cm³/mol. The number of carboxylic acid groups (broad SMARTS) is 1. The van der Waals surface area contributed by atoms with E-state index in [2.05, 4.69) is 10.6 Å². The van der Waals surface area contributed by atoms with Gasteiger partial charge in [-0.15, -0.1) is 0 Å². The number of nitrogens with one attached hydrogen (secondary N) is 2. The summed E-state index contributed by atoms with van der Waals surface area (Å²) >= 11 is 0. The number of carbonyl (C=O) groups excluding carboxylic acids is 1. The Kier molecular flexibility index (Phi) is 4.31. The Bertz CT molecular complexity index is 733. The third-order valence-electron chi connectivity index (χ3n) is 2.67. The summed E-state index contributed by atoms with van der Waals surface area (Å²) in [6, 6.07) is 6.93. The Hall–Kier alpha value is -3.03. The first-order valence-electron chi connectivity index (χ1n) is 5.93. The predicted octanol–water partition coefficient (Wildman–Crippen LogP) is 3.45. The highest BCUT2D eigenvalue weighted by Crippen LogP contribution is 2.18. The van der Waals surface area contributed by atoms with E-state index in [0.29, 0.717) is 6.07 Å². The van der Waals surface area contributed by atoms with E-state index in [1.165, 1.54) is 24.3 Å². The second-order valence-electron chi connectivity index (χ2n) is 4.18. The molecular formula is C14H9F3N2O3. The van der Waals surface area contributed by atoms with E-state index in [9.17, 15) is 22.8 Å². The van der Waals surface area contributed by atoms with Crippen LogP contribution in [0.15, 0.2) is 36.4 Å². The van der Waals surface area contributed by atoms with Gasteiger partial charge in [-0.05, 0) is 36.4 Å². The molecule has 0 bridgehead atoms. The fraction of sp³-hybridized carbons (Fsp3) is 0. The van der Waals surface area contributed by atoms with Crippen molar-refractivity contribution in [3.63, 3.8) is 0 Å². The van der Waals surface area contributed by atoms with Crippen LogP contribution in [0.3, 0.4) is 0 Å². The van der Waals surface area contributed by atoms with Crippen molar-refractivity contribution in [3.8, 4) is 0 Å². The Labute approximate surface area is 122 Å². The average molecular weight is 310 g/mol. The molecule has 0 fully saturated rings. The number of hydrogen-bond acceptors (Lipinski definition) is 2. The third kappa shape index (κ3) is 3.35. The van der Waals surface area contributed by atoms with Gasteiger partial charge in [-0.2, -0.15) is 0 Å². The highest BCUT2D eigenvalue weighted by atomic mass is 19.2. The molecule has 0 heterocycles. The monoisotopic (exact) mass is 310 g/mol. The average Bonchev–Trinajstić information content (AvgIpc) is 2.46. The maximum atomic E-state index is 13.5. The van der Waals surface area contributed by atoms with Gasteiger partial charge in [-0.25, -0.2) is 18.0 Å². The molecule has 0 aromatic heterocycles. The van der Waals surface area contributed by atoms with E-state index in [1.54, 1.807) is 0 Å². The van der Waals surface area contributed by atoms with Crippen LogP contribution in [0.5, 0.6) is 0 Å². The number of rotatable bonds is 3. The Balaban J connectivity index is 2.15. The van der Waals surface area contributed by atoms with Crippen LogP contribution in [0.2, 0.25) is 0 Å². The first-order valence-corrected chi connectivity index (χ1v) is 5.93. The molecule has 0 saturated heterocycles. The molecule has 114 valence electrons. The molecule has 3 N–H and O–H groups in total. The number of hydrogen-bond donors (Lipinski definition) is 3. The summed E-state index contributed by atoms with van der Waals surface area (Å²) in [7, 11) is 0. The lowest BCUT2D eigenvalue weighted by molar-refractivity contribution is 0.102. The zero-order chi connectivity index (χ0) is 16.3. The molecule has 0 radical (unpaired) electrons. The van der Waals surface area contributed by atoms with Crippen molar-refractivity contribution in [3.05, 3.63) is 59.4 Å². The molecule has 0 saturated carbocycles. The highest BCUT2D eigenvalue weighted by Gasteiger charge is 2.18. The molecule has 22 heavy (non-hydrogen) atoms. The topological polar surface area (TPSA) is 78.4 Å². The fourth-order valence-electron chi connectivity index (χ4n) is 1.66. The van der Waals surface area contributed by atoms with E-state index in [0.717, 1.165) is 6.07 Å². The van der Waals surface area contributed by atoms with Gasteiger partial charge >= 0.3 is 6.09 Å². The van der Waals surface area contributed by atoms with E-state index < -0.39 is 35.0 Å². The standard InChI is InChI=1S/C14H9F3N2O3/c15-10-6-5-9(11(16)12(10)17)13(20)18-7-1-3-8(4-2-7)19-14(21)22/h1-6,19H,(H,18,20)(H,21,22). The quantitative estimate of drug-likeness (QED) is 0.760. The lowest BCUT2D eigenvalue weighted by atomic mass is 10.1. The van der Waals surface area contributed by atoms with E-state index in [1.807, 2.05) is 0 Å². The summed E-state index contributed by atoms with van der Waals surface area (Å²) in [5.41, 5.74) is -0.152. The highest BCUT2D eigenvalue weighted by molar-refractivity contribution is 6.04. The molecule has 2 aromatic rings.